The molecule has 0 radical (unpaired) electrons. The van der Waals surface area contributed by atoms with Crippen LogP contribution >= 0.6 is 0 Å². The number of benzene rings is 3. The summed E-state index contributed by atoms with van der Waals surface area (Å²) in [5.41, 5.74) is 3.28. The summed E-state index contributed by atoms with van der Waals surface area (Å²) in [5.74, 6) is 0. The van der Waals surface area contributed by atoms with Gasteiger partial charge in [0, 0.05) is 12.6 Å². The minimum atomic E-state index is -5.02. The van der Waals surface area contributed by atoms with E-state index in [1.807, 2.05) is 6.07 Å². The Morgan fingerprint density at radius 2 is 1.55 bits per heavy atom. The van der Waals surface area contributed by atoms with Crippen molar-refractivity contribution in [2.24, 2.45) is 5.73 Å². The first-order chi connectivity index (χ1) is 20.8. The van der Waals surface area contributed by atoms with Gasteiger partial charge in [-0.25, -0.2) is 4.79 Å². The number of likely N-dealkylation sites (tertiary alicyclic amines) is 1. The molecular weight excluding hydrogens is 590 g/mol. The Morgan fingerprint density at radius 1 is 0.977 bits per heavy atom. The van der Waals surface area contributed by atoms with Crippen molar-refractivity contribution in [3.05, 3.63) is 107 Å². The highest BCUT2D eigenvalue weighted by Gasteiger charge is 2.51. The van der Waals surface area contributed by atoms with Crippen LogP contribution in [0.4, 0.5) is 31.1 Å². The van der Waals surface area contributed by atoms with Gasteiger partial charge < -0.3 is 20.3 Å². The van der Waals surface area contributed by atoms with Gasteiger partial charge in [0.15, 0.2) is 0 Å². The van der Waals surface area contributed by atoms with Crippen molar-refractivity contribution in [2.45, 2.75) is 68.9 Å². The molecule has 3 N–H and O–H groups in total. The second-order valence-corrected chi connectivity index (χ2v) is 10.9. The lowest BCUT2D eigenvalue weighted by Gasteiger charge is -2.53. The van der Waals surface area contributed by atoms with Crippen LogP contribution in [0.5, 0.6) is 0 Å². The Bertz CT molecular complexity index is 1350. The van der Waals surface area contributed by atoms with Gasteiger partial charge in [-0.3, -0.25) is 4.90 Å². The van der Waals surface area contributed by atoms with E-state index < -0.39 is 53.3 Å². The molecule has 44 heavy (non-hydrogen) atoms. The van der Waals surface area contributed by atoms with Crippen molar-refractivity contribution in [2.75, 3.05) is 13.2 Å². The van der Waals surface area contributed by atoms with Crippen LogP contribution in [-0.2, 0) is 34.0 Å². The number of nitrogens with zero attached hydrogens (tertiary/aromatic N) is 1. The summed E-state index contributed by atoms with van der Waals surface area (Å²) >= 11 is 0. The van der Waals surface area contributed by atoms with Crippen molar-refractivity contribution in [3.63, 3.8) is 0 Å². The van der Waals surface area contributed by atoms with Crippen molar-refractivity contribution >= 4 is 6.09 Å². The van der Waals surface area contributed by atoms with Gasteiger partial charge in [-0.1, -0.05) is 60.7 Å². The molecule has 3 aromatic carbocycles. The Labute approximate surface area is 251 Å². The lowest BCUT2D eigenvalue weighted by molar-refractivity contribution is -0.143. The second kappa shape index (κ2) is 13.6. The molecule has 1 amide bonds. The fourth-order valence-electron chi connectivity index (χ4n) is 5.63. The lowest BCUT2D eigenvalue weighted by Crippen LogP contribution is -2.65. The molecule has 0 saturated carbocycles. The highest BCUT2D eigenvalue weighted by atomic mass is 19.4. The highest BCUT2D eigenvalue weighted by Crippen LogP contribution is 2.44. The minimum Gasteiger partial charge on any atom is -0.445 e. The predicted octanol–water partition coefficient (Wildman–Crippen LogP) is 7.21. The number of alkyl halides is 6. The number of hydrogen-bond donors (Lipinski definition) is 2. The van der Waals surface area contributed by atoms with E-state index >= 15 is 0 Å². The molecule has 4 rings (SSSR count). The molecule has 1 aliphatic heterocycles. The molecule has 1 saturated heterocycles. The molecule has 1 aliphatic rings. The third-order valence-corrected chi connectivity index (χ3v) is 7.97. The van der Waals surface area contributed by atoms with Crippen LogP contribution in [0.25, 0.3) is 0 Å². The number of halogens is 6. The molecule has 6 nitrogen and oxygen atoms in total. The van der Waals surface area contributed by atoms with Crippen LogP contribution in [0, 0.1) is 0 Å². The zero-order valence-electron chi connectivity index (χ0n) is 23.9. The van der Waals surface area contributed by atoms with Crippen LogP contribution in [0.3, 0.4) is 0 Å². The van der Waals surface area contributed by atoms with Crippen LogP contribution in [0.15, 0.2) is 78.9 Å². The van der Waals surface area contributed by atoms with Gasteiger partial charge in [0.05, 0.1) is 35.4 Å². The van der Waals surface area contributed by atoms with E-state index in [9.17, 15) is 36.2 Å². The highest BCUT2D eigenvalue weighted by molar-refractivity contribution is 5.70. The summed E-state index contributed by atoms with van der Waals surface area (Å²) in [6, 6.07) is 17.8. The molecular formula is C32H34F6N2O4. The summed E-state index contributed by atoms with van der Waals surface area (Å²) in [6.07, 6.45) is -11.3. The smallest absolute Gasteiger partial charge is 0.416 e. The van der Waals surface area contributed by atoms with Crippen molar-refractivity contribution in [1.82, 2.24) is 4.90 Å². The number of rotatable bonds is 9. The fourth-order valence-corrected chi connectivity index (χ4v) is 5.63. The van der Waals surface area contributed by atoms with Crippen LogP contribution < -0.4 is 5.73 Å². The molecule has 0 bridgehead atoms. The first-order valence-electron chi connectivity index (χ1n) is 14.1. The Balaban J connectivity index is 1.73. The first kappa shape index (κ1) is 33.3. The van der Waals surface area contributed by atoms with Gasteiger partial charge >= 0.3 is 18.4 Å². The van der Waals surface area contributed by atoms with Crippen LogP contribution in [0.2, 0.25) is 0 Å². The number of amides is 1. The number of hydrogen-bond acceptors (Lipinski definition) is 5. The number of aliphatic hydroxyl groups is 1. The van der Waals surface area contributed by atoms with Gasteiger partial charge in [0.1, 0.15) is 6.61 Å². The summed E-state index contributed by atoms with van der Waals surface area (Å²) in [7, 11) is 0. The number of aliphatic hydroxyl groups excluding tert-OH is 1. The topological polar surface area (TPSA) is 85.0 Å². The van der Waals surface area contributed by atoms with Crippen LogP contribution in [-0.4, -0.2) is 41.4 Å². The van der Waals surface area contributed by atoms with Gasteiger partial charge in [0.2, 0.25) is 0 Å². The molecule has 0 aromatic heterocycles. The summed E-state index contributed by atoms with van der Waals surface area (Å²) in [5, 5.41) is 9.89. The van der Waals surface area contributed by atoms with Crippen LogP contribution in [0.1, 0.15) is 60.1 Å². The number of piperidine rings is 1. The average molecular weight is 625 g/mol. The third-order valence-electron chi connectivity index (χ3n) is 7.97. The molecule has 1 fully saturated rings. The third kappa shape index (κ3) is 7.54. The number of ether oxygens (including phenoxy) is 2. The molecule has 1 heterocycles. The Hall–Kier alpha value is -3.61. The quantitative estimate of drug-likeness (QED) is 0.246. The van der Waals surface area contributed by atoms with E-state index in [4.69, 9.17) is 15.2 Å². The molecule has 238 valence electrons. The lowest BCUT2D eigenvalue weighted by atomic mass is 9.76. The standard InChI is InChI=1S/C32H34F6N2O4/c1-21(23-16-25(31(33,34)35)18-26(17-23)32(36,37)38)44-20-30(24-10-6-3-7-11-24)14-12-27(39)28(13-15-41)40(30)29(42)43-19-22-8-4-2-5-9-22/h2-11,16-18,21,27-28,41H,12-15,19-20,39H2,1H3/t21-,27?,28-,30-/m1/s1. The van der Waals surface area contributed by atoms with Crippen molar-refractivity contribution < 1.29 is 45.7 Å². The molecule has 0 aliphatic carbocycles. The summed E-state index contributed by atoms with van der Waals surface area (Å²) in [6.45, 7) is 0.689. The molecule has 3 aromatic rings. The molecule has 4 atom stereocenters. The molecule has 0 spiro atoms. The van der Waals surface area contributed by atoms with Gasteiger partial charge in [-0.05, 0) is 61.1 Å². The van der Waals surface area contributed by atoms with E-state index in [0.29, 0.717) is 24.1 Å². The predicted molar refractivity (Wildman–Crippen MR) is 150 cm³/mol. The zero-order valence-corrected chi connectivity index (χ0v) is 23.9. The van der Waals surface area contributed by atoms with Gasteiger partial charge in [-0.2, -0.15) is 26.3 Å². The first-order valence-corrected chi connectivity index (χ1v) is 14.1. The van der Waals surface area contributed by atoms with E-state index in [2.05, 4.69) is 0 Å². The minimum absolute atomic E-state index is 0.0637. The second-order valence-electron chi connectivity index (χ2n) is 10.9. The van der Waals surface area contributed by atoms with Crippen molar-refractivity contribution in [3.8, 4) is 0 Å². The molecule has 1 unspecified atom stereocenters. The van der Waals surface area contributed by atoms with Gasteiger partial charge in [-0.15, -0.1) is 0 Å². The normalized spacial score (nSPS) is 21.6. The van der Waals surface area contributed by atoms with Crippen molar-refractivity contribution in [1.29, 1.82) is 0 Å². The fraction of sp³-hybridized carbons (Fsp3) is 0.406. The average Bonchev–Trinajstić information content (AvgIpc) is 3.00. The van der Waals surface area contributed by atoms with E-state index in [1.54, 1.807) is 54.6 Å². The largest absolute Gasteiger partial charge is 0.445 e. The summed E-state index contributed by atoms with van der Waals surface area (Å²) < 4.78 is 93.1. The maximum absolute atomic E-state index is 13.9. The zero-order chi connectivity index (χ0) is 32.1. The Kier molecular flexibility index (Phi) is 10.3. The van der Waals surface area contributed by atoms with E-state index in [1.165, 1.54) is 11.8 Å². The van der Waals surface area contributed by atoms with E-state index in [-0.39, 0.29) is 44.3 Å². The maximum Gasteiger partial charge on any atom is 0.416 e. The number of carbonyl (C=O) groups is 1. The monoisotopic (exact) mass is 624 g/mol. The maximum atomic E-state index is 13.9. The molecule has 12 heteroatoms. The van der Waals surface area contributed by atoms with Gasteiger partial charge in [0.25, 0.3) is 0 Å². The Morgan fingerprint density at radius 3 is 2.09 bits per heavy atom. The number of nitrogens with two attached hydrogens (primary N) is 1. The SMILES string of the molecule is C[C@@H](OC[C@@]1(c2ccccc2)CCC(N)[C@@H](CCO)N1C(=O)OCc1ccccc1)c1cc(C(F)(F)F)cc(C(F)(F)F)c1. The summed E-state index contributed by atoms with van der Waals surface area (Å²) in [4.78, 5) is 15.3. The number of carbonyl (C=O) groups excluding carboxylic acids is 1. The van der Waals surface area contributed by atoms with E-state index in [0.717, 1.165) is 5.56 Å².